The van der Waals surface area contributed by atoms with Gasteiger partial charge in [0.2, 0.25) is 0 Å². The van der Waals surface area contributed by atoms with Gasteiger partial charge in [0.05, 0.1) is 23.0 Å². The van der Waals surface area contributed by atoms with E-state index in [2.05, 4.69) is 19.8 Å². The van der Waals surface area contributed by atoms with Crippen LogP contribution in [-0.4, -0.2) is 86.9 Å². The number of carbonyl (C=O) groups is 1. The van der Waals surface area contributed by atoms with E-state index >= 15 is 4.39 Å². The molecule has 4 saturated heterocycles. The Morgan fingerprint density at radius 2 is 1.77 bits per heavy atom. The maximum absolute atomic E-state index is 16.4. The van der Waals surface area contributed by atoms with Gasteiger partial charge >= 0.3 is 12.1 Å². The molecule has 0 aliphatic carbocycles. The van der Waals surface area contributed by atoms with Gasteiger partial charge in [-0.3, -0.25) is 14.8 Å². The predicted octanol–water partition coefficient (Wildman–Crippen LogP) is 5.73. The van der Waals surface area contributed by atoms with Crippen molar-refractivity contribution in [2.24, 2.45) is 0 Å². The van der Waals surface area contributed by atoms with Crippen LogP contribution in [0.4, 0.5) is 15.0 Å². The van der Waals surface area contributed by atoms with Crippen molar-refractivity contribution in [3.05, 3.63) is 41.8 Å². The van der Waals surface area contributed by atoms with Crippen molar-refractivity contribution in [1.82, 2.24) is 24.8 Å². The molecule has 2 bridgehead atoms. The lowest BCUT2D eigenvalue weighted by Crippen LogP contribution is -2.57. The Bertz CT molecular complexity index is 1530. The number of fused-ring (bicyclic) bond motifs is 4. The molecule has 0 radical (unpaired) electrons. The van der Waals surface area contributed by atoms with E-state index in [-0.39, 0.29) is 40.9 Å². The van der Waals surface area contributed by atoms with Crippen molar-refractivity contribution >= 4 is 22.8 Å². The number of hydrogen-bond acceptors (Lipinski definition) is 8. The first-order valence-corrected chi connectivity index (χ1v) is 15.7. The molecule has 1 amide bonds. The van der Waals surface area contributed by atoms with Crippen LogP contribution in [0.1, 0.15) is 64.9 Å². The molecule has 228 valence electrons. The minimum absolute atomic E-state index is 0.0136. The van der Waals surface area contributed by atoms with Gasteiger partial charge < -0.3 is 14.4 Å². The van der Waals surface area contributed by atoms with E-state index in [1.165, 1.54) is 0 Å². The molecule has 3 aromatic rings. The molecule has 2 unspecified atom stereocenters. The maximum atomic E-state index is 16.4. The number of hydrogen-bond donors (Lipinski definition) is 0. The molecule has 0 saturated carbocycles. The van der Waals surface area contributed by atoms with Crippen molar-refractivity contribution in [3.8, 4) is 17.3 Å². The van der Waals surface area contributed by atoms with Gasteiger partial charge in [-0.05, 0) is 84.9 Å². The minimum atomic E-state index is -0.561. The van der Waals surface area contributed by atoms with Crippen LogP contribution in [0.3, 0.4) is 0 Å². The Kier molecular flexibility index (Phi) is 6.95. The van der Waals surface area contributed by atoms with Gasteiger partial charge in [-0.15, -0.1) is 0 Å². The molecule has 43 heavy (non-hydrogen) atoms. The van der Waals surface area contributed by atoms with E-state index in [0.29, 0.717) is 30.9 Å². The van der Waals surface area contributed by atoms with E-state index in [4.69, 9.17) is 14.5 Å². The number of aryl methyl sites for hydroxylation is 1. The van der Waals surface area contributed by atoms with Crippen molar-refractivity contribution < 1.29 is 18.7 Å². The van der Waals surface area contributed by atoms with E-state index in [0.717, 1.165) is 62.7 Å². The van der Waals surface area contributed by atoms with Gasteiger partial charge in [0, 0.05) is 24.8 Å². The Morgan fingerprint density at radius 3 is 2.44 bits per heavy atom. The zero-order valence-electron chi connectivity index (χ0n) is 25.6. The lowest BCUT2D eigenvalue weighted by atomic mass is 9.95. The zero-order valence-corrected chi connectivity index (χ0v) is 25.6. The third-order valence-electron chi connectivity index (χ3n) is 9.71. The highest BCUT2D eigenvalue weighted by atomic mass is 19.1. The number of carbonyl (C=O) groups excluding carboxylic acids is 1. The number of nitrogens with zero attached hydrogens (tertiary/aromatic N) is 6. The fourth-order valence-corrected chi connectivity index (χ4v) is 7.70. The fourth-order valence-electron chi connectivity index (χ4n) is 7.70. The Morgan fingerprint density at radius 1 is 1.07 bits per heavy atom. The number of benzene rings is 1. The highest BCUT2D eigenvalue weighted by molar-refractivity contribution is 5.92. The Hall–Kier alpha value is -3.53. The van der Waals surface area contributed by atoms with Crippen molar-refractivity contribution in [2.45, 2.75) is 89.4 Å². The van der Waals surface area contributed by atoms with Gasteiger partial charge in [0.25, 0.3) is 0 Å². The first-order chi connectivity index (χ1) is 20.6. The average molecular weight is 589 g/mol. The van der Waals surface area contributed by atoms with Crippen LogP contribution in [0.15, 0.2) is 30.5 Å². The molecule has 4 fully saturated rings. The van der Waals surface area contributed by atoms with Gasteiger partial charge in [-0.2, -0.15) is 9.97 Å². The Balaban J connectivity index is 1.26. The molecular formula is C33H41FN6O3. The van der Waals surface area contributed by atoms with E-state index in [1.54, 1.807) is 6.20 Å². The summed E-state index contributed by atoms with van der Waals surface area (Å²) >= 11 is 0. The van der Waals surface area contributed by atoms with Crippen LogP contribution in [0.2, 0.25) is 0 Å². The van der Waals surface area contributed by atoms with E-state index in [9.17, 15) is 4.79 Å². The molecule has 10 heteroatoms. The standard InChI is InChI=1S/C33H41FN6O3/c1-21-9-5-6-10-24(21)27-26(34)28-25(17-35-27)29(37-30(36-28)42-20-33-13-7-15-39(33)16-8-14-33)38-18-22-11-12-23(19-38)40(22)31(41)43-32(2,3)4/h5-6,9-10,17,22-23H,7-8,11-16,18-20H2,1-4H3. The molecule has 6 heterocycles. The summed E-state index contributed by atoms with van der Waals surface area (Å²) in [4.78, 5) is 33.9. The van der Waals surface area contributed by atoms with Gasteiger partial charge in [-0.25, -0.2) is 9.18 Å². The first-order valence-electron chi connectivity index (χ1n) is 15.7. The highest BCUT2D eigenvalue weighted by Crippen LogP contribution is 2.41. The molecule has 7 rings (SSSR count). The van der Waals surface area contributed by atoms with Crippen molar-refractivity contribution in [1.29, 1.82) is 0 Å². The molecule has 0 spiro atoms. The molecule has 4 aliphatic rings. The second-order valence-corrected chi connectivity index (χ2v) is 13.7. The van der Waals surface area contributed by atoms with E-state index < -0.39 is 11.4 Å². The molecular weight excluding hydrogens is 547 g/mol. The minimum Gasteiger partial charge on any atom is -0.461 e. The Labute approximate surface area is 252 Å². The van der Waals surface area contributed by atoms with Crippen LogP contribution < -0.4 is 9.64 Å². The van der Waals surface area contributed by atoms with Crippen LogP contribution in [0.5, 0.6) is 6.01 Å². The quantitative estimate of drug-likeness (QED) is 0.374. The molecule has 2 atom stereocenters. The number of amides is 1. The highest BCUT2D eigenvalue weighted by Gasteiger charge is 2.46. The SMILES string of the molecule is Cc1ccccc1-c1ncc2c(N3CC4CCC(C3)N4C(=O)OC(C)(C)C)nc(OCC34CCCN3CCC4)nc2c1F. The lowest BCUT2D eigenvalue weighted by Gasteiger charge is -2.42. The third-order valence-corrected chi connectivity index (χ3v) is 9.71. The van der Waals surface area contributed by atoms with Gasteiger partial charge in [0.1, 0.15) is 29.2 Å². The summed E-state index contributed by atoms with van der Waals surface area (Å²) in [5.74, 6) is 0.132. The summed E-state index contributed by atoms with van der Waals surface area (Å²) in [6, 6.07) is 7.82. The van der Waals surface area contributed by atoms with Crippen LogP contribution in [-0.2, 0) is 4.74 Å². The smallest absolute Gasteiger partial charge is 0.410 e. The summed E-state index contributed by atoms with van der Waals surface area (Å²) in [5.41, 5.74) is 1.61. The number of halogens is 1. The number of ether oxygens (including phenoxy) is 2. The normalized spacial score (nSPS) is 23.2. The van der Waals surface area contributed by atoms with E-state index in [1.807, 2.05) is 56.9 Å². The van der Waals surface area contributed by atoms with Crippen molar-refractivity contribution in [2.75, 3.05) is 37.7 Å². The number of rotatable bonds is 5. The molecule has 2 aromatic heterocycles. The van der Waals surface area contributed by atoms with Gasteiger partial charge in [0.15, 0.2) is 5.82 Å². The molecule has 0 N–H and O–H groups in total. The largest absolute Gasteiger partial charge is 0.461 e. The topological polar surface area (TPSA) is 83.9 Å². The fraction of sp³-hybridized carbons (Fsp3) is 0.576. The summed E-state index contributed by atoms with van der Waals surface area (Å²) < 4.78 is 28.5. The predicted molar refractivity (Wildman–Crippen MR) is 163 cm³/mol. The molecule has 9 nitrogen and oxygen atoms in total. The number of anilines is 1. The second kappa shape index (κ2) is 10.6. The first kappa shape index (κ1) is 28.3. The summed E-state index contributed by atoms with van der Waals surface area (Å²) in [7, 11) is 0. The lowest BCUT2D eigenvalue weighted by molar-refractivity contribution is 0.0122. The third kappa shape index (κ3) is 5.07. The van der Waals surface area contributed by atoms with Gasteiger partial charge in [-0.1, -0.05) is 24.3 Å². The summed E-state index contributed by atoms with van der Waals surface area (Å²) in [6.45, 7) is 11.4. The summed E-state index contributed by atoms with van der Waals surface area (Å²) in [5, 5.41) is 0.550. The maximum Gasteiger partial charge on any atom is 0.410 e. The molecule has 4 aliphatic heterocycles. The average Bonchev–Trinajstić information content (AvgIpc) is 3.62. The van der Waals surface area contributed by atoms with Crippen LogP contribution >= 0.6 is 0 Å². The summed E-state index contributed by atoms with van der Waals surface area (Å²) in [6.07, 6.45) is 7.71. The number of piperazine rings is 1. The molecule has 1 aromatic carbocycles. The zero-order chi connectivity index (χ0) is 29.9. The second-order valence-electron chi connectivity index (χ2n) is 13.7. The van der Waals surface area contributed by atoms with Crippen molar-refractivity contribution in [3.63, 3.8) is 0 Å². The van der Waals surface area contributed by atoms with Crippen LogP contribution in [0.25, 0.3) is 22.2 Å². The number of aromatic nitrogens is 3. The number of pyridine rings is 1. The monoisotopic (exact) mass is 588 g/mol. The van der Waals surface area contributed by atoms with Crippen LogP contribution in [0, 0.1) is 12.7 Å².